The first-order chi connectivity index (χ1) is 7.09. The third-order valence-corrected chi connectivity index (χ3v) is 2.04. The Hall–Kier alpha value is -1.46. The molecular formula is C10H13NO4. The van der Waals surface area contributed by atoms with Crippen LogP contribution >= 0.6 is 0 Å². The molecular weight excluding hydrogens is 198 g/mol. The lowest BCUT2D eigenvalue weighted by atomic mass is 10.0. The van der Waals surface area contributed by atoms with Crippen LogP contribution in [-0.4, -0.2) is 27.8 Å². The van der Waals surface area contributed by atoms with Gasteiger partial charge in [0.05, 0.1) is 6.10 Å². The molecule has 0 heterocycles. The fraction of sp³-hybridized carbons (Fsp3) is 0.400. The molecule has 5 nitrogen and oxygen atoms in total. The first kappa shape index (κ1) is 11.6. The zero-order chi connectivity index (χ0) is 11.3. The Bertz CT molecular complexity index is 314. The second kappa shape index (κ2) is 5.43. The minimum absolute atomic E-state index is 0.0228. The van der Waals surface area contributed by atoms with Crippen molar-refractivity contribution in [3.63, 3.8) is 0 Å². The Morgan fingerprint density at radius 1 is 1.27 bits per heavy atom. The maximum Gasteiger partial charge on any atom is 0.229 e. The molecule has 0 saturated carbocycles. The van der Waals surface area contributed by atoms with Crippen molar-refractivity contribution in [2.45, 2.75) is 18.6 Å². The predicted octanol–water partition coefficient (Wildman–Crippen LogP) is 0.748. The summed E-state index contributed by atoms with van der Waals surface area (Å²) in [6.45, 7) is -0.538. The molecule has 0 aliphatic heterocycles. The van der Waals surface area contributed by atoms with Gasteiger partial charge in [-0.25, -0.2) is 0 Å². The van der Waals surface area contributed by atoms with Crippen LogP contribution in [0.25, 0.3) is 0 Å². The Labute approximate surface area is 87.1 Å². The van der Waals surface area contributed by atoms with Crippen LogP contribution < -0.4 is 0 Å². The molecule has 1 aromatic carbocycles. The molecule has 0 spiro atoms. The van der Waals surface area contributed by atoms with E-state index in [0.29, 0.717) is 5.56 Å². The first-order valence-electron chi connectivity index (χ1n) is 4.62. The molecule has 0 radical (unpaired) electrons. The van der Waals surface area contributed by atoms with Gasteiger partial charge in [0.1, 0.15) is 6.10 Å². The molecule has 1 rings (SSSR count). The van der Waals surface area contributed by atoms with Gasteiger partial charge in [-0.05, 0) is 5.56 Å². The van der Waals surface area contributed by atoms with Gasteiger partial charge in [-0.2, -0.15) is 0 Å². The summed E-state index contributed by atoms with van der Waals surface area (Å²) in [7, 11) is 0. The molecule has 0 bridgehead atoms. The summed E-state index contributed by atoms with van der Waals surface area (Å²) in [5, 5.41) is 29.0. The molecule has 0 aliphatic carbocycles. The number of aliphatic hydroxyl groups is 2. The highest BCUT2D eigenvalue weighted by molar-refractivity contribution is 5.17. The topological polar surface area (TPSA) is 83.6 Å². The quantitative estimate of drug-likeness (QED) is 0.556. The molecule has 5 heteroatoms. The summed E-state index contributed by atoms with van der Waals surface area (Å²) < 4.78 is 0. The summed E-state index contributed by atoms with van der Waals surface area (Å²) in [4.78, 5) is 9.50. The average molecular weight is 211 g/mol. The van der Waals surface area contributed by atoms with Crippen LogP contribution in [0.1, 0.15) is 18.1 Å². The van der Waals surface area contributed by atoms with E-state index in [9.17, 15) is 20.3 Å². The highest BCUT2D eigenvalue weighted by Gasteiger charge is 2.17. The van der Waals surface area contributed by atoms with Crippen LogP contribution in [0.15, 0.2) is 30.3 Å². The van der Waals surface area contributed by atoms with Crippen molar-refractivity contribution in [1.29, 1.82) is 0 Å². The van der Waals surface area contributed by atoms with Crippen molar-refractivity contribution < 1.29 is 15.1 Å². The Balaban J connectivity index is 2.49. The zero-order valence-electron chi connectivity index (χ0n) is 8.11. The van der Waals surface area contributed by atoms with Crippen LogP contribution in [0.5, 0.6) is 0 Å². The first-order valence-corrected chi connectivity index (χ1v) is 4.62. The summed E-state index contributed by atoms with van der Waals surface area (Å²) in [5.74, 6) is 0. The van der Waals surface area contributed by atoms with Gasteiger partial charge < -0.3 is 10.2 Å². The van der Waals surface area contributed by atoms with Gasteiger partial charge in [0.2, 0.25) is 6.54 Å². The number of nitro groups is 1. The van der Waals surface area contributed by atoms with Gasteiger partial charge in [-0.3, -0.25) is 10.1 Å². The maximum absolute atomic E-state index is 10.1. The summed E-state index contributed by atoms with van der Waals surface area (Å²) >= 11 is 0. The molecule has 2 unspecified atom stereocenters. The van der Waals surface area contributed by atoms with Gasteiger partial charge in [-0.1, -0.05) is 30.3 Å². The number of aliphatic hydroxyl groups excluding tert-OH is 2. The standard InChI is InChI=1S/C10H13NO4/c12-9(7-11(14)15)6-10(13)8-4-2-1-3-5-8/h1-5,9-10,12-13H,6-7H2. The van der Waals surface area contributed by atoms with E-state index in [1.807, 2.05) is 6.07 Å². The van der Waals surface area contributed by atoms with Crippen LogP contribution in [0.2, 0.25) is 0 Å². The van der Waals surface area contributed by atoms with E-state index in [0.717, 1.165) is 0 Å². The lowest BCUT2D eigenvalue weighted by Crippen LogP contribution is -2.21. The average Bonchev–Trinajstić information content (AvgIpc) is 2.17. The smallest absolute Gasteiger partial charge is 0.229 e. The molecule has 15 heavy (non-hydrogen) atoms. The van der Waals surface area contributed by atoms with Crippen molar-refractivity contribution in [3.8, 4) is 0 Å². The predicted molar refractivity (Wildman–Crippen MR) is 53.9 cm³/mol. The maximum atomic E-state index is 10.1. The van der Waals surface area contributed by atoms with E-state index in [1.165, 1.54) is 0 Å². The molecule has 0 aromatic heterocycles. The van der Waals surface area contributed by atoms with E-state index in [1.54, 1.807) is 24.3 Å². The van der Waals surface area contributed by atoms with Gasteiger partial charge in [0.15, 0.2) is 0 Å². The summed E-state index contributed by atoms with van der Waals surface area (Å²) in [6, 6.07) is 8.76. The van der Waals surface area contributed by atoms with Gasteiger partial charge in [0, 0.05) is 11.3 Å². The Morgan fingerprint density at radius 3 is 2.40 bits per heavy atom. The number of rotatable bonds is 5. The normalized spacial score (nSPS) is 14.5. The third-order valence-electron chi connectivity index (χ3n) is 2.04. The lowest BCUT2D eigenvalue weighted by molar-refractivity contribution is -0.490. The molecule has 0 aliphatic rings. The van der Waals surface area contributed by atoms with Crippen LogP contribution in [0.4, 0.5) is 0 Å². The highest BCUT2D eigenvalue weighted by Crippen LogP contribution is 2.17. The van der Waals surface area contributed by atoms with Gasteiger partial charge in [0.25, 0.3) is 0 Å². The van der Waals surface area contributed by atoms with E-state index in [2.05, 4.69) is 0 Å². The fourth-order valence-corrected chi connectivity index (χ4v) is 1.32. The number of nitrogens with zero attached hydrogens (tertiary/aromatic N) is 1. The zero-order valence-corrected chi connectivity index (χ0v) is 8.11. The van der Waals surface area contributed by atoms with Crippen LogP contribution in [0.3, 0.4) is 0 Å². The molecule has 0 fully saturated rings. The number of hydrogen-bond donors (Lipinski definition) is 2. The van der Waals surface area contributed by atoms with E-state index >= 15 is 0 Å². The Morgan fingerprint density at radius 2 is 1.87 bits per heavy atom. The Kier molecular flexibility index (Phi) is 4.20. The minimum Gasteiger partial charge on any atom is -0.388 e. The second-order valence-electron chi connectivity index (χ2n) is 3.33. The SMILES string of the molecule is O=[N+]([O-])CC(O)CC(O)c1ccccc1. The monoisotopic (exact) mass is 211 g/mol. The van der Waals surface area contributed by atoms with Crippen molar-refractivity contribution in [2.75, 3.05) is 6.54 Å². The minimum atomic E-state index is -1.12. The van der Waals surface area contributed by atoms with Crippen LogP contribution in [-0.2, 0) is 0 Å². The highest BCUT2D eigenvalue weighted by atomic mass is 16.6. The summed E-state index contributed by atoms with van der Waals surface area (Å²) in [5.41, 5.74) is 0.653. The fourth-order valence-electron chi connectivity index (χ4n) is 1.32. The lowest BCUT2D eigenvalue weighted by Gasteiger charge is -2.12. The van der Waals surface area contributed by atoms with Gasteiger partial charge >= 0.3 is 0 Å². The van der Waals surface area contributed by atoms with E-state index in [-0.39, 0.29) is 6.42 Å². The third kappa shape index (κ3) is 4.05. The van der Waals surface area contributed by atoms with Crippen LogP contribution in [0, 0.1) is 10.1 Å². The summed E-state index contributed by atoms with van der Waals surface area (Å²) in [6.07, 6.45) is -2.00. The van der Waals surface area contributed by atoms with E-state index < -0.39 is 23.7 Å². The van der Waals surface area contributed by atoms with E-state index in [4.69, 9.17) is 0 Å². The van der Waals surface area contributed by atoms with Crippen molar-refractivity contribution in [2.24, 2.45) is 0 Å². The van der Waals surface area contributed by atoms with Crippen molar-refractivity contribution in [1.82, 2.24) is 0 Å². The molecule has 82 valence electrons. The van der Waals surface area contributed by atoms with Crippen molar-refractivity contribution in [3.05, 3.63) is 46.0 Å². The molecule has 0 amide bonds. The van der Waals surface area contributed by atoms with Crippen molar-refractivity contribution >= 4 is 0 Å². The molecule has 2 N–H and O–H groups in total. The second-order valence-corrected chi connectivity index (χ2v) is 3.33. The number of benzene rings is 1. The molecule has 2 atom stereocenters. The number of hydrogen-bond acceptors (Lipinski definition) is 4. The van der Waals surface area contributed by atoms with Gasteiger partial charge in [-0.15, -0.1) is 0 Å². The largest absolute Gasteiger partial charge is 0.388 e. The molecule has 1 aromatic rings. The molecule has 0 saturated heterocycles.